The number of thiophene rings is 1. The summed E-state index contributed by atoms with van der Waals surface area (Å²) in [5.41, 5.74) is 0. The SMILES string of the molecule is OC(Cc1sccc1Cl)C(C(F)(F)F)C(F)(F)F. The Morgan fingerprint density at radius 1 is 1.17 bits per heavy atom. The molecule has 1 nitrogen and oxygen atoms in total. The van der Waals surface area contributed by atoms with Crippen LogP contribution >= 0.6 is 22.9 Å². The molecular weight excluding hydrogens is 306 g/mol. The van der Waals surface area contributed by atoms with E-state index in [9.17, 15) is 31.4 Å². The van der Waals surface area contributed by atoms with Crippen molar-refractivity contribution in [1.82, 2.24) is 0 Å². The number of alkyl halides is 6. The zero-order valence-electron chi connectivity index (χ0n) is 8.52. The second-order valence-corrected chi connectivity index (χ2v) is 4.93. The molecule has 1 unspecified atom stereocenters. The third-order valence-corrected chi connectivity index (χ3v) is 3.59. The normalized spacial score (nSPS) is 15.2. The summed E-state index contributed by atoms with van der Waals surface area (Å²) < 4.78 is 73.7. The number of hydrogen-bond donors (Lipinski definition) is 1. The summed E-state index contributed by atoms with van der Waals surface area (Å²) in [5.74, 6) is -3.77. The van der Waals surface area contributed by atoms with Crippen molar-refractivity contribution >= 4 is 22.9 Å². The predicted molar refractivity (Wildman–Crippen MR) is 54.6 cm³/mol. The lowest BCUT2D eigenvalue weighted by molar-refractivity contribution is -0.305. The molecule has 0 bridgehead atoms. The van der Waals surface area contributed by atoms with Gasteiger partial charge in [0.05, 0.1) is 11.1 Å². The summed E-state index contributed by atoms with van der Waals surface area (Å²) in [6, 6.07) is 1.34. The zero-order valence-corrected chi connectivity index (χ0v) is 10.1. The molecule has 1 rings (SSSR count). The van der Waals surface area contributed by atoms with Crippen LogP contribution in [-0.4, -0.2) is 23.6 Å². The van der Waals surface area contributed by atoms with Gasteiger partial charge in [-0.2, -0.15) is 26.3 Å². The van der Waals surface area contributed by atoms with Crippen molar-refractivity contribution < 1.29 is 31.4 Å². The molecule has 104 valence electrons. The van der Waals surface area contributed by atoms with Crippen LogP contribution < -0.4 is 0 Å². The third kappa shape index (κ3) is 3.76. The van der Waals surface area contributed by atoms with Crippen molar-refractivity contribution in [2.75, 3.05) is 0 Å². The molecule has 18 heavy (non-hydrogen) atoms. The van der Waals surface area contributed by atoms with Crippen molar-refractivity contribution in [3.8, 4) is 0 Å². The van der Waals surface area contributed by atoms with E-state index in [2.05, 4.69) is 0 Å². The van der Waals surface area contributed by atoms with Crippen LogP contribution in [0.4, 0.5) is 26.3 Å². The maximum absolute atomic E-state index is 12.3. The average molecular weight is 313 g/mol. The minimum atomic E-state index is -5.55. The molecule has 0 saturated carbocycles. The van der Waals surface area contributed by atoms with Gasteiger partial charge in [0.2, 0.25) is 0 Å². The van der Waals surface area contributed by atoms with E-state index in [0.717, 1.165) is 11.3 Å². The van der Waals surface area contributed by atoms with Gasteiger partial charge in [-0.05, 0) is 11.4 Å². The van der Waals surface area contributed by atoms with Gasteiger partial charge < -0.3 is 5.11 Å². The van der Waals surface area contributed by atoms with E-state index in [0.29, 0.717) is 0 Å². The Bertz CT molecular complexity index is 384. The van der Waals surface area contributed by atoms with E-state index in [4.69, 9.17) is 11.6 Å². The van der Waals surface area contributed by atoms with E-state index < -0.39 is 30.8 Å². The fourth-order valence-corrected chi connectivity index (χ4v) is 2.56. The predicted octanol–water partition coefficient (Wildman–Crippen LogP) is 4.05. The molecule has 0 spiro atoms. The maximum Gasteiger partial charge on any atom is 0.403 e. The molecule has 0 amide bonds. The molecular formula is C9H7ClF6OS. The quantitative estimate of drug-likeness (QED) is 0.835. The standard InChI is InChI=1S/C9H7ClF6OS/c10-4-1-2-18-6(4)3-5(17)7(8(11,12)13)9(14,15)16/h1-2,5,7,17H,3H2. The lowest BCUT2D eigenvalue weighted by atomic mass is 9.98. The van der Waals surface area contributed by atoms with Crippen LogP contribution in [0.5, 0.6) is 0 Å². The highest BCUT2D eigenvalue weighted by molar-refractivity contribution is 7.10. The van der Waals surface area contributed by atoms with Crippen molar-refractivity contribution in [1.29, 1.82) is 0 Å². The Morgan fingerprint density at radius 3 is 2.00 bits per heavy atom. The Labute approximate surface area is 107 Å². The van der Waals surface area contributed by atoms with Crippen molar-refractivity contribution in [3.63, 3.8) is 0 Å². The summed E-state index contributed by atoms with van der Waals surface area (Å²) in [4.78, 5) is 0.0858. The fraction of sp³-hybridized carbons (Fsp3) is 0.556. The number of halogens is 7. The van der Waals surface area contributed by atoms with Crippen LogP contribution in [0, 0.1) is 5.92 Å². The van der Waals surface area contributed by atoms with E-state index in [1.54, 1.807) is 0 Å². The first kappa shape index (κ1) is 15.6. The van der Waals surface area contributed by atoms with Gasteiger partial charge in [-0.1, -0.05) is 11.6 Å². The molecule has 0 aliphatic rings. The number of rotatable bonds is 3. The monoisotopic (exact) mass is 312 g/mol. The van der Waals surface area contributed by atoms with E-state index >= 15 is 0 Å². The summed E-state index contributed by atoms with van der Waals surface area (Å²) in [6.45, 7) is 0. The Hall–Kier alpha value is -0.470. The van der Waals surface area contributed by atoms with Gasteiger partial charge in [-0.15, -0.1) is 11.3 Å². The molecule has 1 heterocycles. The van der Waals surface area contributed by atoms with E-state index in [-0.39, 0.29) is 9.90 Å². The van der Waals surface area contributed by atoms with Crippen molar-refractivity contribution in [3.05, 3.63) is 21.3 Å². The number of hydrogen-bond acceptors (Lipinski definition) is 2. The highest BCUT2D eigenvalue weighted by atomic mass is 35.5. The Balaban J connectivity index is 2.91. The topological polar surface area (TPSA) is 20.2 Å². The van der Waals surface area contributed by atoms with E-state index in [1.807, 2.05) is 0 Å². The minimum Gasteiger partial charge on any atom is -0.392 e. The van der Waals surface area contributed by atoms with Crippen LogP contribution in [0.3, 0.4) is 0 Å². The van der Waals surface area contributed by atoms with Crippen molar-refractivity contribution in [2.24, 2.45) is 5.92 Å². The molecule has 1 aromatic heterocycles. The second-order valence-electron chi connectivity index (χ2n) is 3.52. The lowest BCUT2D eigenvalue weighted by Gasteiger charge is -2.27. The molecule has 1 N–H and O–H groups in total. The second kappa shape index (κ2) is 5.26. The fourth-order valence-electron chi connectivity index (χ4n) is 1.40. The highest BCUT2D eigenvalue weighted by Gasteiger charge is 2.60. The highest BCUT2D eigenvalue weighted by Crippen LogP contribution is 2.42. The first-order valence-electron chi connectivity index (χ1n) is 4.57. The van der Waals surface area contributed by atoms with Gasteiger partial charge >= 0.3 is 12.4 Å². The van der Waals surface area contributed by atoms with Gasteiger partial charge in [-0.3, -0.25) is 0 Å². The van der Waals surface area contributed by atoms with Gasteiger partial charge in [-0.25, -0.2) is 0 Å². The van der Waals surface area contributed by atoms with Crippen LogP contribution in [0.25, 0.3) is 0 Å². The molecule has 0 aliphatic heterocycles. The summed E-state index contributed by atoms with van der Waals surface area (Å²) in [6.07, 6.45) is -14.5. The molecule has 0 fully saturated rings. The zero-order chi connectivity index (χ0) is 14.1. The van der Waals surface area contributed by atoms with Crippen LogP contribution in [-0.2, 0) is 6.42 Å². The van der Waals surface area contributed by atoms with Crippen LogP contribution in [0.15, 0.2) is 11.4 Å². The van der Waals surface area contributed by atoms with Gasteiger partial charge in [0, 0.05) is 11.3 Å². The number of aliphatic hydroxyl groups excluding tert-OH is 1. The minimum absolute atomic E-state index is 0.0437. The van der Waals surface area contributed by atoms with Crippen molar-refractivity contribution in [2.45, 2.75) is 24.9 Å². The maximum atomic E-state index is 12.3. The summed E-state index contributed by atoms with van der Waals surface area (Å²) in [7, 11) is 0. The first-order chi connectivity index (χ1) is 8.03. The third-order valence-electron chi connectivity index (χ3n) is 2.18. The summed E-state index contributed by atoms with van der Waals surface area (Å²) in [5, 5.41) is 10.6. The van der Waals surface area contributed by atoms with Gasteiger partial charge in [0.15, 0.2) is 5.92 Å². The van der Waals surface area contributed by atoms with E-state index in [1.165, 1.54) is 11.4 Å². The average Bonchev–Trinajstić information content (AvgIpc) is 2.45. The molecule has 0 aliphatic carbocycles. The Kier molecular flexibility index (Phi) is 4.56. The Morgan fingerprint density at radius 2 is 1.67 bits per heavy atom. The molecule has 9 heteroatoms. The first-order valence-corrected chi connectivity index (χ1v) is 5.82. The van der Waals surface area contributed by atoms with Gasteiger partial charge in [0.25, 0.3) is 0 Å². The van der Waals surface area contributed by atoms with Crippen LogP contribution in [0.1, 0.15) is 4.88 Å². The molecule has 0 radical (unpaired) electrons. The smallest absolute Gasteiger partial charge is 0.392 e. The lowest BCUT2D eigenvalue weighted by Crippen LogP contribution is -2.45. The molecule has 0 saturated heterocycles. The molecule has 1 atom stereocenters. The molecule has 1 aromatic rings. The number of aliphatic hydroxyl groups is 1. The molecule has 0 aromatic carbocycles. The largest absolute Gasteiger partial charge is 0.403 e. The van der Waals surface area contributed by atoms with Gasteiger partial charge in [0.1, 0.15) is 0 Å². The summed E-state index contributed by atoms with van der Waals surface area (Å²) >= 11 is 6.44. The van der Waals surface area contributed by atoms with Crippen LogP contribution in [0.2, 0.25) is 5.02 Å².